The molecule has 0 radical (unpaired) electrons. The third-order valence-corrected chi connectivity index (χ3v) is 3.70. The van der Waals surface area contributed by atoms with Gasteiger partial charge in [0.25, 0.3) is 0 Å². The van der Waals surface area contributed by atoms with Gasteiger partial charge in [0.05, 0.1) is 18.5 Å². The van der Waals surface area contributed by atoms with E-state index in [9.17, 15) is 0 Å². The zero-order valence-electron chi connectivity index (χ0n) is 13.7. The van der Waals surface area contributed by atoms with Crippen molar-refractivity contribution in [2.45, 2.75) is 65.1 Å². The average molecular weight is 292 g/mol. The first-order valence-corrected chi connectivity index (χ1v) is 8.05. The fourth-order valence-corrected chi connectivity index (χ4v) is 2.66. The van der Waals surface area contributed by atoms with Crippen LogP contribution in [0.25, 0.3) is 0 Å². The summed E-state index contributed by atoms with van der Waals surface area (Å²) < 4.78 is 5.66. The van der Waals surface area contributed by atoms with Gasteiger partial charge in [0.1, 0.15) is 0 Å². The average Bonchev–Trinajstić information content (AvgIpc) is 2.45. The molecule has 5 heteroatoms. The van der Waals surface area contributed by atoms with Gasteiger partial charge in [0, 0.05) is 18.6 Å². The number of nitrogens with one attached hydrogen (secondary N) is 1. The molecule has 0 amide bonds. The monoisotopic (exact) mass is 292 g/mol. The lowest BCUT2D eigenvalue weighted by molar-refractivity contribution is 0.231. The van der Waals surface area contributed by atoms with E-state index in [4.69, 9.17) is 4.74 Å². The highest BCUT2D eigenvalue weighted by atomic mass is 16.5. The van der Waals surface area contributed by atoms with Gasteiger partial charge in [0.2, 0.25) is 5.88 Å². The Hall–Kier alpha value is -1.36. The molecule has 1 aromatic heterocycles. The number of piperidine rings is 1. The van der Waals surface area contributed by atoms with Crippen molar-refractivity contribution >= 4 is 5.82 Å². The number of anilines is 1. The predicted octanol–water partition coefficient (Wildman–Crippen LogP) is 2.62. The highest BCUT2D eigenvalue weighted by Crippen LogP contribution is 2.19. The molecule has 2 rings (SSSR count). The van der Waals surface area contributed by atoms with Crippen molar-refractivity contribution < 1.29 is 4.74 Å². The minimum atomic E-state index is 0.113. The Bertz CT molecular complexity index is 430. The Labute approximate surface area is 128 Å². The largest absolute Gasteiger partial charge is 0.474 e. The van der Waals surface area contributed by atoms with Crippen LogP contribution in [0, 0.1) is 0 Å². The number of rotatable bonds is 6. The molecule has 1 unspecified atom stereocenters. The zero-order valence-corrected chi connectivity index (χ0v) is 13.7. The van der Waals surface area contributed by atoms with E-state index in [0.29, 0.717) is 18.0 Å². The second-order valence-corrected chi connectivity index (χ2v) is 6.28. The third-order valence-electron chi connectivity index (χ3n) is 3.70. The number of aromatic nitrogens is 2. The third kappa shape index (κ3) is 4.84. The van der Waals surface area contributed by atoms with E-state index in [2.05, 4.69) is 34.0 Å². The van der Waals surface area contributed by atoms with Gasteiger partial charge in [-0.15, -0.1) is 0 Å². The van der Waals surface area contributed by atoms with Crippen LogP contribution in [0.2, 0.25) is 0 Å². The van der Waals surface area contributed by atoms with Gasteiger partial charge in [-0.05, 0) is 47.1 Å². The van der Waals surface area contributed by atoms with Crippen LogP contribution in [0.3, 0.4) is 0 Å². The summed E-state index contributed by atoms with van der Waals surface area (Å²) in [6, 6.07) is 0.926. The fourth-order valence-electron chi connectivity index (χ4n) is 2.66. The molecule has 2 heterocycles. The summed E-state index contributed by atoms with van der Waals surface area (Å²) in [5.41, 5.74) is 0. The second-order valence-electron chi connectivity index (χ2n) is 6.28. The zero-order chi connectivity index (χ0) is 15.2. The topological polar surface area (TPSA) is 50.3 Å². The molecule has 0 bridgehead atoms. The van der Waals surface area contributed by atoms with E-state index < -0.39 is 0 Å². The maximum Gasteiger partial charge on any atom is 0.234 e. The lowest BCUT2D eigenvalue weighted by Gasteiger charge is -2.34. The summed E-state index contributed by atoms with van der Waals surface area (Å²) in [6.45, 7) is 10.5. The van der Waals surface area contributed by atoms with Gasteiger partial charge in [-0.1, -0.05) is 6.42 Å². The maximum absolute atomic E-state index is 5.66. The summed E-state index contributed by atoms with van der Waals surface area (Å²) >= 11 is 0. The molecule has 1 fully saturated rings. The van der Waals surface area contributed by atoms with Crippen LogP contribution in [0.1, 0.15) is 47.0 Å². The van der Waals surface area contributed by atoms with Crippen molar-refractivity contribution in [2.24, 2.45) is 0 Å². The molecule has 5 nitrogen and oxygen atoms in total. The van der Waals surface area contributed by atoms with Crippen molar-refractivity contribution in [3.05, 3.63) is 12.4 Å². The van der Waals surface area contributed by atoms with Crippen molar-refractivity contribution in [1.82, 2.24) is 15.3 Å². The quantitative estimate of drug-likeness (QED) is 0.873. The van der Waals surface area contributed by atoms with Crippen LogP contribution in [0.5, 0.6) is 5.88 Å². The number of hydrogen-bond acceptors (Lipinski definition) is 5. The molecule has 0 aliphatic carbocycles. The van der Waals surface area contributed by atoms with Crippen LogP contribution in [-0.4, -0.2) is 41.2 Å². The van der Waals surface area contributed by atoms with Gasteiger partial charge in [-0.25, -0.2) is 0 Å². The van der Waals surface area contributed by atoms with Crippen LogP contribution >= 0.6 is 0 Å². The first kappa shape index (κ1) is 16.0. The molecule has 0 saturated carbocycles. The summed E-state index contributed by atoms with van der Waals surface area (Å²) in [6.07, 6.45) is 7.46. The molecular weight excluding hydrogens is 264 g/mol. The normalized spacial score (nSPS) is 19.0. The van der Waals surface area contributed by atoms with Crippen molar-refractivity contribution in [2.75, 3.05) is 18.0 Å². The Balaban J connectivity index is 2.09. The Morgan fingerprint density at radius 3 is 2.71 bits per heavy atom. The summed E-state index contributed by atoms with van der Waals surface area (Å²) in [5, 5.41) is 3.60. The van der Waals surface area contributed by atoms with Crippen LogP contribution in [0.15, 0.2) is 12.4 Å². The molecular formula is C16H28N4O. The van der Waals surface area contributed by atoms with Crippen molar-refractivity contribution in [3.8, 4) is 5.88 Å². The number of nitrogens with zero attached hydrogens (tertiary/aromatic N) is 3. The smallest absolute Gasteiger partial charge is 0.234 e. The van der Waals surface area contributed by atoms with Crippen LogP contribution < -0.4 is 15.0 Å². The minimum absolute atomic E-state index is 0.113. The van der Waals surface area contributed by atoms with E-state index in [0.717, 1.165) is 18.9 Å². The van der Waals surface area contributed by atoms with Gasteiger partial charge >= 0.3 is 0 Å². The lowest BCUT2D eigenvalue weighted by atomic mass is 10.0. The van der Waals surface area contributed by atoms with Crippen LogP contribution in [-0.2, 0) is 0 Å². The van der Waals surface area contributed by atoms with E-state index in [-0.39, 0.29) is 6.10 Å². The van der Waals surface area contributed by atoms with Crippen molar-refractivity contribution in [3.63, 3.8) is 0 Å². The summed E-state index contributed by atoms with van der Waals surface area (Å²) in [5.74, 6) is 1.50. The first-order chi connectivity index (χ1) is 10.1. The van der Waals surface area contributed by atoms with Gasteiger partial charge in [-0.2, -0.15) is 4.98 Å². The van der Waals surface area contributed by atoms with E-state index >= 15 is 0 Å². The van der Waals surface area contributed by atoms with Crippen LogP contribution in [0.4, 0.5) is 5.82 Å². The summed E-state index contributed by atoms with van der Waals surface area (Å²) in [7, 11) is 0. The predicted molar refractivity (Wildman–Crippen MR) is 85.9 cm³/mol. The first-order valence-electron chi connectivity index (χ1n) is 8.05. The highest BCUT2D eigenvalue weighted by molar-refractivity contribution is 5.39. The Morgan fingerprint density at radius 1 is 1.29 bits per heavy atom. The van der Waals surface area contributed by atoms with E-state index in [1.807, 2.05) is 20.0 Å². The van der Waals surface area contributed by atoms with Crippen molar-refractivity contribution in [1.29, 1.82) is 0 Å². The minimum Gasteiger partial charge on any atom is -0.474 e. The number of hydrogen-bond donors (Lipinski definition) is 1. The molecule has 0 aromatic carbocycles. The molecule has 118 valence electrons. The Morgan fingerprint density at radius 2 is 2.10 bits per heavy atom. The molecule has 1 saturated heterocycles. The molecule has 1 N–H and O–H groups in total. The molecule has 1 aliphatic heterocycles. The molecule has 0 spiro atoms. The maximum atomic E-state index is 5.66. The SMILES string of the molecule is CC(C)Oc1cncc(N(CC2CCCCN2)C(C)C)n1. The van der Waals surface area contributed by atoms with E-state index in [1.54, 1.807) is 6.20 Å². The Kier molecular flexibility index (Phi) is 5.79. The molecule has 1 aliphatic rings. The van der Waals surface area contributed by atoms with Gasteiger partial charge < -0.3 is 15.0 Å². The standard InChI is InChI=1S/C16H28N4O/c1-12(2)20(11-14-7-5-6-8-18-14)15-9-17-10-16(19-15)21-13(3)4/h9-10,12-14,18H,5-8,11H2,1-4H3. The molecule has 21 heavy (non-hydrogen) atoms. The van der Waals surface area contributed by atoms with Gasteiger partial charge in [0.15, 0.2) is 5.82 Å². The summed E-state index contributed by atoms with van der Waals surface area (Å²) in [4.78, 5) is 11.2. The second kappa shape index (κ2) is 7.59. The van der Waals surface area contributed by atoms with Gasteiger partial charge in [-0.3, -0.25) is 4.98 Å². The molecule has 1 aromatic rings. The van der Waals surface area contributed by atoms with E-state index in [1.165, 1.54) is 19.3 Å². The fraction of sp³-hybridized carbons (Fsp3) is 0.750. The lowest BCUT2D eigenvalue weighted by Crippen LogP contribution is -2.46. The highest BCUT2D eigenvalue weighted by Gasteiger charge is 2.20. The molecule has 1 atom stereocenters. The number of ether oxygens (including phenoxy) is 1.